The highest BCUT2D eigenvalue weighted by atomic mass is 16.6. The van der Waals surface area contributed by atoms with Gasteiger partial charge in [0.05, 0.1) is 0 Å². The summed E-state index contributed by atoms with van der Waals surface area (Å²) in [6.07, 6.45) is 1.03. The number of carbonyl (C=O) groups excluding carboxylic acids is 1. The number of carbonyl (C=O) groups is 1. The molecule has 1 heterocycles. The standard InChI is InChI=1S/C12H10N2O2/c13-11-8-4-5-9-14(11)12(15)16-10-6-2-1-3-7-10/h1-9,13H/p+1. The lowest BCUT2D eigenvalue weighted by Crippen LogP contribution is -2.46. The van der Waals surface area contributed by atoms with Crippen LogP contribution in [0.1, 0.15) is 0 Å². The van der Waals surface area contributed by atoms with Gasteiger partial charge in [-0.05, 0) is 18.2 Å². The summed E-state index contributed by atoms with van der Waals surface area (Å²) in [5, 5.41) is 0. The van der Waals surface area contributed by atoms with E-state index < -0.39 is 6.09 Å². The molecule has 0 amide bonds. The van der Waals surface area contributed by atoms with Gasteiger partial charge in [0.2, 0.25) is 0 Å². The Morgan fingerprint density at radius 2 is 1.75 bits per heavy atom. The van der Waals surface area contributed by atoms with E-state index in [2.05, 4.69) is 0 Å². The molecule has 4 heteroatoms. The zero-order valence-corrected chi connectivity index (χ0v) is 8.54. The number of hydrogen-bond donors (Lipinski definition) is 1. The fourth-order valence-corrected chi connectivity index (χ4v) is 1.26. The van der Waals surface area contributed by atoms with Gasteiger partial charge in [0, 0.05) is 6.07 Å². The van der Waals surface area contributed by atoms with Crippen molar-refractivity contribution in [1.29, 1.82) is 0 Å². The van der Waals surface area contributed by atoms with E-state index >= 15 is 0 Å². The lowest BCUT2D eigenvalue weighted by atomic mass is 10.3. The van der Waals surface area contributed by atoms with Crippen molar-refractivity contribution in [2.75, 3.05) is 5.73 Å². The number of benzene rings is 1. The predicted octanol–water partition coefficient (Wildman–Crippen LogP) is 1.60. The van der Waals surface area contributed by atoms with Crippen LogP contribution in [0.25, 0.3) is 0 Å². The molecule has 0 spiro atoms. The van der Waals surface area contributed by atoms with Crippen molar-refractivity contribution in [1.82, 2.24) is 0 Å². The number of para-hydroxylation sites is 1. The molecular weight excluding hydrogens is 204 g/mol. The van der Waals surface area contributed by atoms with Gasteiger partial charge in [-0.1, -0.05) is 24.3 Å². The fourth-order valence-electron chi connectivity index (χ4n) is 1.26. The van der Waals surface area contributed by atoms with E-state index in [1.165, 1.54) is 4.57 Å². The molecule has 2 aromatic rings. The first-order valence-corrected chi connectivity index (χ1v) is 4.81. The molecule has 0 atom stereocenters. The number of pyridine rings is 1. The van der Waals surface area contributed by atoms with Gasteiger partial charge in [0.1, 0.15) is 11.9 Å². The molecule has 0 saturated heterocycles. The molecule has 1 aromatic heterocycles. The number of hydrogen-bond acceptors (Lipinski definition) is 3. The lowest BCUT2D eigenvalue weighted by Gasteiger charge is -2.02. The maximum atomic E-state index is 11.7. The smallest absolute Gasteiger partial charge is 0.392 e. The number of anilines is 1. The third-order valence-electron chi connectivity index (χ3n) is 2.04. The molecule has 2 N–H and O–H groups in total. The highest BCUT2D eigenvalue weighted by molar-refractivity contribution is 5.62. The normalized spacial score (nSPS) is 9.75. The van der Waals surface area contributed by atoms with Crippen LogP contribution in [0.2, 0.25) is 0 Å². The van der Waals surface area contributed by atoms with Crippen molar-refractivity contribution in [2.45, 2.75) is 0 Å². The Labute approximate surface area is 92.9 Å². The fraction of sp³-hybridized carbons (Fsp3) is 0. The van der Waals surface area contributed by atoms with Gasteiger partial charge in [0.15, 0.2) is 0 Å². The van der Waals surface area contributed by atoms with E-state index in [0.717, 1.165) is 0 Å². The first kappa shape index (κ1) is 10.2. The van der Waals surface area contributed by atoms with E-state index in [1.807, 2.05) is 6.07 Å². The Morgan fingerprint density at radius 1 is 1.06 bits per heavy atom. The second-order valence-corrected chi connectivity index (χ2v) is 3.18. The van der Waals surface area contributed by atoms with Gasteiger partial charge >= 0.3 is 6.09 Å². The van der Waals surface area contributed by atoms with Crippen LogP contribution in [0.5, 0.6) is 5.75 Å². The molecule has 0 aliphatic heterocycles. The maximum Gasteiger partial charge on any atom is 0.517 e. The zero-order valence-electron chi connectivity index (χ0n) is 8.54. The molecule has 0 unspecified atom stereocenters. The van der Waals surface area contributed by atoms with E-state index in [1.54, 1.807) is 48.7 Å². The highest BCUT2D eigenvalue weighted by Gasteiger charge is 2.15. The van der Waals surface area contributed by atoms with Crippen LogP contribution >= 0.6 is 0 Å². The molecule has 4 nitrogen and oxygen atoms in total. The molecule has 0 aliphatic rings. The summed E-state index contributed by atoms with van der Waals surface area (Å²) in [4.78, 5) is 11.7. The van der Waals surface area contributed by atoms with Gasteiger partial charge < -0.3 is 4.74 Å². The van der Waals surface area contributed by atoms with Crippen LogP contribution in [0.4, 0.5) is 10.6 Å². The van der Waals surface area contributed by atoms with Gasteiger partial charge in [-0.25, -0.2) is 0 Å². The summed E-state index contributed by atoms with van der Waals surface area (Å²) >= 11 is 0. The average molecular weight is 215 g/mol. The molecule has 0 saturated carbocycles. The van der Waals surface area contributed by atoms with Crippen molar-refractivity contribution in [3.8, 4) is 5.75 Å². The number of nitrogen functional groups attached to an aromatic ring is 1. The Balaban J connectivity index is 2.19. The number of ether oxygens (including phenoxy) is 1. The Hall–Kier alpha value is -2.36. The summed E-state index contributed by atoms with van der Waals surface area (Å²) < 4.78 is 6.37. The molecule has 16 heavy (non-hydrogen) atoms. The summed E-state index contributed by atoms with van der Waals surface area (Å²) in [5.41, 5.74) is 5.64. The molecule has 1 aromatic carbocycles. The van der Waals surface area contributed by atoms with Crippen LogP contribution in [0.3, 0.4) is 0 Å². The first-order valence-electron chi connectivity index (χ1n) is 4.81. The maximum absolute atomic E-state index is 11.7. The largest absolute Gasteiger partial charge is 0.517 e. The Kier molecular flexibility index (Phi) is 2.82. The van der Waals surface area contributed by atoms with Crippen molar-refractivity contribution < 1.29 is 14.1 Å². The Bertz CT molecular complexity index is 497. The molecule has 0 fully saturated rings. The highest BCUT2D eigenvalue weighted by Crippen LogP contribution is 2.08. The van der Waals surface area contributed by atoms with Crippen LogP contribution < -0.4 is 15.0 Å². The average Bonchev–Trinajstić information content (AvgIpc) is 2.31. The minimum absolute atomic E-state index is 0.337. The van der Waals surface area contributed by atoms with Crippen molar-refractivity contribution in [2.24, 2.45) is 0 Å². The molecule has 80 valence electrons. The SMILES string of the molecule is Nc1cccc[n+]1C(=O)Oc1ccccc1. The van der Waals surface area contributed by atoms with E-state index in [4.69, 9.17) is 10.5 Å². The van der Waals surface area contributed by atoms with Gasteiger partial charge in [-0.3, -0.25) is 5.73 Å². The summed E-state index contributed by atoms with van der Waals surface area (Å²) in [5.74, 6) is 0.826. The van der Waals surface area contributed by atoms with Crippen molar-refractivity contribution in [3.63, 3.8) is 0 Å². The van der Waals surface area contributed by atoms with Gasteiger partial charge in [-0.15, -0.1) is 4.57 Å². The lowest BCUT2D eigenvalue weighted by molar-refractivity contribution is -0.566. The second kappa shape index (κ2) is 4.44. The Morgan fingerprint density at radius 3 is 2.44 bits per heavy atom. The third-order valence-corrected chi connectivity index (χ3v) is 2.04. The second-order valence-electron chi connectivity index (χ2n) is 3.18. The molecule has 0 aliphatic carbocycles. The topological polar surface area (TPSA) is 56.2 Å². The van der Waals surface area contributed by atoms with E-state index in [0.29, 0.717) is 11.6 Å². The van der Waals surface area contributed by atoms with E-state index in [-0.39, 0.29) is 0 Å². The quantitative estimate of drug-likeness (QED) is 0.735. The molecular formula is C12H11N2O2+. The van der Waals surface area contributed by atoms with Crippen LogP contribution in [-0.4, -0.2) is 6.09 Å². The number of nitrogens with two attached hydrogens (primary N) is 1. The summed E-state index contributed by atoms with van der Waals surface area (Å²) in [6.45, 7) is 0. The third kappa shape index (κ3) is 2.17. The minimum atomic E-state index is -0.524. The van der Waals surface area contributed by atoms with Crippen LogP contribution in [0, 0.1) is 0 Å². The summed E-state index contributed by atoms with van der Waals surface area (Å²) in [6, 6.07) is 13.9. The number of nitrogens with zero attached hydrogens (tertiary/aromatic N) is 1. The molecule has 0 radical (unpaired) electrons. The van der Waals surface area contributed by atoms with Crippen LogP contribution in [0.15, 0.2) is 54.7 Å². The minimum Gasteiger partial charge on any atom is -0.392 e. The van der Waals surface area contributed by atoms with Crippen molar-refractivity contribution in [3.05, 3.63) is 54.7 Å². The van der Waals surface area contributed by atoms with Crippen molar-refractivity contribution >= 4 is 11.9 Å². The van der Waals surface area contributed by atoms with Gasteiger partial charge in [-0.2, -0.15) is 4.79 Å². The van der Waals surface area contributed by atoms with Gasteiger partial charge in [0.25, 0.3) is 5.82 Å². The molecule has 0 bridgehead atoms. The predicted molar refractivity (Wildman–Crippen MR) is 58.9 cm³/mol. The first-order chi connectivity index (χ1) is 7.77. The zero-order chi connectivity index (χ0) is 11.4. The van der Waals surface area contributed by atoms with Crippen LogP contribution in [-0.2, 0) is 0 Å². The number of aromatic nitrogens is 1. The monoisotopic (exact) mass is 215 g/mol. The molecule has 2 rings (SSSR count). The summed E-state index contributed by atoms with van der Waals surface area (Å²) in [7, 11) is 0. The number of rotatable bonds is 1. The van der Waals surface area contributed by atoms with E-state index in [9.17, 15) is 4.79 Å².